The molecule has 0 aliphatic rings. The number of carbonyl (C=O) groups excluding carboxylic acids is 1. The lowest BCUT2D eigenvalue weighted by Gasteiger charge is -2.20. The van der Waals surface area contributed by atoms with Crippen molar-refractivity contribution < 1.29 is 15.0 Å². The van der Waals surface area contributed by atoms with Crippen LogP contribution in [0.5, 0.6) is 0 Å². The summed E-state index contributed by atoms with van der Waals surface area (Å²) in [4.78, 5) is 12.1. The van der Waals surface area contributed by atoms with Crippen LogP contribution in [0.25, 0.3) is 0 Å². The molecule has 0 aliphatic heterocycles. The van der Waals surface area contributed by atoms with Gasteiger partial charge in [-0.25, -0.2) is 0 Å². The quantitative estimate of drug-likeness (QED) is 0.316. The Kier molecular flexibility index (Phi) is 14.6. The van der Waals surface area contributed by atoms with Crippen molar-refractivity contribution in [3.63, 3.8) is 0 Å². The molecule has 4 heteroatoms. The Balaban J connectivity index is 2.05. The number of benzene rings is 1. The van der Waals surface area contributed by atoms with E-state index in [1.54, 1.807) is 0 Å². The molecular weight excluding hydrogens is 350 g/mol. The third kappa shape index (κ3) is 12.1. The van der Waals surface area contributed by atoms with Gasteiger partial charge >= 0.3 is 0 Å². The van der Waals surface area contributed by atoms with Crippen molar-refractivity contribution in [3.05, 3.63) is 35.9 Å². The van der Waals surface area contributed by atoms with Gasteiger partial charge in [0.1, 0.15) is 0 Å². The lowest BCUT2D eigenvalue weighted by atomic mass is 10.0. The summed E-state index contributed by atoms with van der Waals surface area (Å²) in [7, 11) is 0. The number of nitrogens with one attached hydrogen (secondary N) is 1. The van der Waals surface area contributed by atoms with Gasteiger partial charge < -0.3 is 15.5 Å². The predicted octanol–water partition coefficient (Wildman–Crippen LogP) is 5.29. The molecule has 0 bridgehead atoms. The van der Waals surface area contributed by atoms with Crippen molar-refractivity contribution in [3.8, 4) is 0 Å². The van der Waals surface area contributed by atoms with E-state index in [9.17, 15) is 15.0 Å². The molecule has 28 heavy (non-hydrogen) atoms. The van der Waals surface area contributed by atoms with Crippen LogP contribution in [-0.2, 0) is 4.79 Å². The molecule has 1 amide bonds. The Morgan fingerprint density at radius 2 is 1.43 bits per heavy atom. The highest BCUT2D eigenvalue weighted by Gasteiger charge is 2.17. The monoisotopic (exact) mass is 391 g/mol. The maximum absolute atomic E-state index is 12.1. The molecule has 160 valence electrons. The maximum Gasteiger partial charge on any atom is 0.220 e. The van der Waals surface area contributed by atoms with Gasteiger partial charge in [0.05, 0.1) is 18.8 Å². The highest BCUT2D eigenvalue weighted by Crippen LogP contribution is 2.18. The molecule has 0 fully saturated rings. The van der Waals surface area contributed by atoms with Gasteiger partial charge in [-0.15, -0.1) is 0 Å². The van der Waals surface area contributed by atoms with Gasteiger partial charge in [-0.3, -0.25) is 4.79 Å². The van der Waals surface area contributed by atoms with Gasteiger partial charge in [0.15, 0.2) is 0 Å². The zero-order valence-corrected chi connectivity index (χ0v) is 17.7. The molecule has 0 unspecified atom stereocenters. The van der Waals surface area contributed by atoms with Gasteiger partial charge in [0, 0.05) is 6.42 Å². The van der Waals surface area contributed by atoms with Crippen molar-refractivity contribution in [2.75, 3.05) is 6.61 Å². The van der Waals surface area contributed by atoms with E-state index in [4.69, 9.17) is 0 Å². The molecule has 0 saturated carbocycles. The van der Waals surface area contributed by atoms with E-state index in [2.05, 4.69) is 12.2 Å². The normalized spacial score (nSPS) is 13.2. The molecule has 0 aromatic heterocycles. The summed E-state index contributed by atoms with van der Waals surface area (Å²) in [6.45, 7) is 2.09. The van der Waals surface area contributed by atoms with Crippen molar-refractivity contribution in [2.24, 2.45) is 0 Å². The number of unbranched alkanes of at least 4 members (excludes halogenated alkanes) is 10. The third-order valence-corrected chi connectivity index (χ3v) is 5.29. The first kappa shape index (κ1) is 24.6. The fourth-order valence-electron chi connectivity index (χ4n) is 3.51. The van der Waals surface area contributed by atoms with Crippen LogP contribution < -0.4 is 5.32 Å². The standard InChI is InChI=1S/C24H41NO3/c1-2-3-4-5-6-7-8-9-10-11-15-18-24(28)25-22(20-26)19-23(27)21-16-13-12-14-17-21/h12-14,16-17,22-23,26-27H,2-11,15,18-20H2,1H3,(H,25,28)/t22-,23-/m1/s1. The lowest BCUT2D eigenvalue weighted by molar-refractivity contribution is -0.122. The van der Waals surface area contributed by atoms with Crippen LogP contribution in [0, 0.1) is 0 Å². The highest BCUT2D eigenvalue weighted by atomic mass is 16.3. The number of hydrogen-bond acceptors (Lipinski definition) is 3. The molecule has 1 aromatic carbocycles. The van der Waals surface area contributed by atoms with Crippen LogP contribution in [-0.4, -0.2) is 28.8 Å². The number of amides is 1. The third-order valence-electron chi connectivity index (χ3n) is 5.29. The first-order chi connectivity index (χ1) is 13.7. The average Bonchev–Trinajstić information content (AvgIpc) is 2.72. The summed E-state index contributed by atoms with van der Waals surface area (Å²) in [6.07, 6.45) is 14.0. The second-order valence-electron chi connectivity index (χ2n) is 7.89. The maximum atomic E-state index is 12.1. The van der Waals surface area contributed by atoms with Crippen molar-refractivity contribution in [1.29, 1.82) is 0 Å². The van der Waals surface area contributed by atoms with Crippen LogP contribution >= 0.6 is 0 Å². The zero-order valence-electron chi connectivity index (χ0n) is 17.7. The zero-order chi connectivity index (χ0) is 20.5. The van der Waals surface area contributed by atoms with Crippen molar-refractivity contribution in [2.45, 2.75) is 103 Å². The summed E-state index contributed by atoms with van der Waals surface area (Å²) < 4.78 is 0. The molecular formula is C24H41NO3. The average molecular weight is 392 g/mol. The molecule has 2 atom stereocenters. The molecule has 1 rings (SSSR count). The van der Waals surface area contributed by atoms with E-state index in [0.29, 0.717) is 12.8 Å². The minimum atomic E-state index is -0.680. The summed E-state index contributed by atoms with van der Waals surface area (Å²) in [5, 5.41) is 22.6. The van der Waals surface area contributed by atoms with E-state index in [-0.39, 0.29) is 12.5 Å². The van der Waals surface area contributed by atoms with Crippen molar-refractivity contribution in [1.82, 2.24) is 5.32 Å². The Bertz CT molecular complexity index is 492. The smallest absolute Gasteiger partial charge is 0.220 e. The fourth-order valence-corrected chi connectivity index (χ4v) is 3.51. The number of carbonyl (C=O) groups is 1. The fraction of sp³-hybridized carbons (Fsp3) is 0.708. The summed E-state index contributed by atoms with van der Waals surface area (Å²) >= 11 is 0. The summed E-state index contributed by atoms with van der Waals surface area (Å²) in [5.74, 6) is -0.0322. The largest absolute Gasteiger partial charge is 0.394 e. The SMILES string of the molecule is CCCCCCCCCCCCCC(=O)N[C@@H](CO)C[C@@H](O)c1ccccc1. The highest BCUT2D eigenvalue weighted by molar-refractivity contribution is 5.76. The predicted molar refractivity (Wildman–Crippen MR) is 116 cm³/mol. The molecule has 0 spiro atoms. The second kappa shape index (κ2) is 16.6. The minimum Gasteiger partial charge on any atom is -0.394 e. The van der Waals surface area contributed by atoms with Crippen molar-refractivity contribution >= 4 is 5.91 Å². The van der Waals surface area contributed by atoms with Gasteiger partial charge in [-0.05, 0) is 18.4 Å². The minimum absolute atomic E-state index is 0.0322. The van der Waals surface area contributed by atoms with Gasteiger partial charge in [-0.2, -0.15) is 0 Å². The Morgan fingerprint density at radius 1 is 0.893 bits per heavy atom. The van der Waals surface area contributed by atoms with E-state index < -0.39 is 12.1 Å². The number of aliphatic hydroxyl groups is 2. The first-order valence-electron chi connectivity index (χ1n) is 11.3. The van der Waals surface area contributed by atoms with Gasteiger partial charge in [-0.1, -0.05) is 101 Å². The molecule has 4 nitrogen and oxygen atoms in total. The number of rotatable bonds is 17. The molecule has 3 N–H and O–H groups in total. The van der Waals surface area contributed by atoms with E-state index in [0.717, 1.165) is 18.4 Å². The molecule has 0 saturated heterocycles. The Labute approximate surface area is 171 Å². The number of hydrogen-bond donors (Lipinski definition) is 3. The van der Waals surface area contributed by atoms with Crippen LogP contribution in [0.3, 0.4) is 0 Å². The van der Waals surface area contributed by atoms with Gasteiger partial charge in [0.2, 0.25) is 5.91 Å². The molecule has 0 radical (unpaired) electrons. The van der Waals surface area contributed by atoms with Gasteiger partial charge in [0.25, 0.3) is 0 Å². The lowest BCUT2D eigenvalue weighted by Crippen LogP contribution is -2.38. The Morgan fingerprint density at radius 3 is 1.96 bits per heavy atom. The van der Waals surface area contributed by atoms with Crippen LogP contribution in [0.2, 0.25) is 0 Å². The molecule has 0 aliphatic carbocycles. The number of aliphatic hydroxyl groups excluding tert-OH is 2. The van der Waals surface area contributed by atoms with Crippen LogP contribution in [0.15, 0.2) is 30.3 Å². The van der Waals surface area contributed by atoms with Crippen LogP contribution in [0.4, 0.5) is 0 Å². The molecule has 0 heterocycles. The van der Waals surface area contributed by atoms with Crippen LogP contribution in [0.1, 0.15) is 102 Å². The van der Waals surface area contributed by atoms with E-state index >= 15 is 0 Å². The second-order valence-corrected chi connectivity index (χ2v) is 7.89. The van der Waals surface area contributed by atoms with E-state index in [1.807, 2.05) is 30.3 Å². The summed E-state index contributed by atoms with van der Waals surface area (Å²) in [5.41, 5.74) is 0.806. The Hall–Kier alpha value is -1.39. The van der Waals surface area contributed by atoms with E-state index in [1.165, 1.54) is 57.8 Å². The molecule has 1 aromatic rings. The topological polar surface area (TPSA) is 69.6 Å². The summed E-state index contributed by atoms with van der Waals surface area (Å²) in [6, 6.07) is 8.94. The first-order valence-corrected chi connectivity index (χ1v) is 11.3.